The predicted molar refractivity (Wildman–Crippen MR) is 103 cm³/mol. The Labute approximate surface area is 159 Å². The molecule has 0 aliphatic heterocycles. The van der Waals surface area contributed by atoms with E-state index in [1.165, 1.54) is 42.1 Å². The minimum Gasteiger partial charge on any atom is -0.507 e. The second kappa shape index (κ2) is 7.36. The van der Waals surface area contributed by atoms with Gasteiger partial charge in [-0.25, -0.2) is 9.78 Å². The highest BCUT2D eigenvalue weighted by molar-refractivity contribution is 6.31. The summed E-state index contributed by atoms with van der Waals surface area (Å²) < 4.78 is 2.44. The number of carbonyl (C=O) groups is 1. The number of unbranched alkanes of at least 4 members (excludes halogenated alkanes) is 1. The topological polar surface area (TPSA) is 94.2 Å². The van der Waals surface area contributed by atoms with Crippen LogP contribution in [0.2, 0.25) is 5.02 Å². The fraction of sp³-hybridized carbons (Fsp3) is 0.263. The van der Waals surface area contributed by atoms with Crippen molar-refractivity contribution in [3.8, 4) is 5.75 Å². The van der Waals surface area contributed by atoms with Gasteiger partial charge in [-0.2, -0.15) is 0 Å². The van der Waals surface area contributed by atoms with Gasteiger partial charge in [-0.3, -0.25) is 18.7 Å². The lowest BCUT2D eigenvalue weighted by molar-refractivity contribution is 0.103. The number of ketones is 1. The highest BCUT2D eigenvalue weighted by Crippen LogP contribution is 2.24. The van der Waals surface area contributed by atoms with Crippen molar-refractivity contribution in [3.05, 3.63) is 67.4 Å². The van der Waals surface area contributed by atoms with Crippen molar-refractivity contribution in [2.75, 3.05) is 0 Å². The molecule has 2 heterocycles. The van der Waals surface area contributed by atoms with Gasteiger partial charge < -0.3 is 5.11 Å². The van der Waals surface area contributed by atoms with Crippen LogP contribution >= 0.6 is 11.6 Å². The Kier molecular flexibility index (Phi) is 5.14. The molecule has 7 nitrogen and oxygen atoms in total. The molecule has 0 radical (unpaired) electrons. The number of phenols is 1. The molecule has 0 unspecified atom stereocenters. The Hall–Kier alpha value is -2.93. The van der Waals surface area contributed by atoms with Crippen LogP contribution in [0.3, 0.4) is 0 Å². The van der Waals surface area contributed by atoms with E-state index in [2.05, 4.69) is 4.98 Å². The van der Waals surface area contributed by atoms with E-state index in [4.69, 9.17) is 11.6 Å². The number of pyridine rings is 1. The summed E-state index contributed by atoms with van der Waals surface area (Å²) in [5.74, 6) is -0.733. The number of aromatic nitrogens is 3. The Bertz CT molecular complexity index is 1160. The average molecular weight is 388 g/mol. The number of halogens is 1. The molecule has 0 saturated carbocycles. The number of hydrogen-bond donors (Lipinski definition) is 1. The fourth-order valence-electron chi connectivity index (χ4n) is 2.86. The number of aryl methyl sites for hydroxylation is 1. The van der Waals surface area contributed by atoms with Crippen LogP contribution in [0.25, 0.3) is 11.0 Å². The first-order valence-corrected chi connectivity index (χ1v) is 8.85. The second-order valence-electron chi connectivity index (χ2n) is 6.24. The Morgan fingerprint density at radius 2 is 2.00 bits per heavy atom. The Balaban J connectivity index is 2.21. The fourth-order valence-corrected chi connectivity index (χ4v) is 3.03. The SMILES string of the molecule is CCCCn1c(=O)n(C)c(=O)c2cc(C(=O)c3cc(Cl)ccc3O)cnc21. The summed E-state index contributed by atoms with van der Waals surface area (Å²) in [5, 5.41) is 10.4. The Morgan fingerprint density at radius 1 is 1.26 bits per heavy atom. The maximum absolute atomic E-state index is 12.7. The van der Waals surface area contributed by atoms with Crippen LogP contribution in [0.15, 0.2) is 40.1 Å². The summed E-state index contributed by atoms with van der Waals surface area (Å²) in [6.07, 6.45) is 2.93. The Morgan fingerprint density at radius 3 is 2.70 bits per heavy atom. The number of rotatable bonds is 5. The highest BCUT2D eigenvalue weighted by atomic mass is 35.5. The quantitative estimate of drug-likeness (QED) is 0.679. The maximum atomic E-state index is 12.7. The summed E-state index contributed by atoms with van der Waals surface area (Å²) in [5.41, 5.74) is -0.596. The van der Waals surface area contributed by atoms with E-state index in [0.717, 1.165) is 17.4 Å². The van der Waals surface area contributed by atoms with E-state index in [-0.39, 0.29) is 27.9 Å². The van der Waals surface area contributed by atoms with Gasteiger partial charge in [0, 0.05) is 30.4 Å². The summed E-state index contributed by atoms with van der Waals surface area (Å²) in [7, 11) is 1.39. The van der Waals surface area contributed by atoms with E-state index in [1.54, 1.807) is 0 Å². The summed E-state index contributed by atoms with van der Waals surface area (Å²) in [6.45, 7) is 2.42. The zero-order valence-electron chi connectivity index (χ0n) is 14.9. The third kappa shape index (κ3) is 3.38. The standard InChI is InChI=1S/C19H18ClN3O4/c1-3-4-7-23-17-14(18(26)22(2)19(23)27)8-11(10-21-17)16(25)13-9-12(20)5-6-15(13)24/h5-6,8-10,24H,3-4,7H2,1-2H3. The van der Waals surface area contributed by atoms with Crippen LogP contribution in [0.1, 0.15) is 35.7 Å². The first kappa shape index (κ1) is 18.8. The van der Waals surface area contributed by atoms with Crippen molar-refractivity contribution >= 4 is 28.4 Å². The van der Waals surface area contributed by atoms with Crippen LogP contribution in [-0.4, -0.2) is 25.0 Å². The van der Waals surface area contributed by atoms with Crippen molar-refractivity contribution in [1.29, 1.82) is 0 Å². The van der Waals surface area contributed by atoms with Crippen LogP contribution in [0.5, 0.6) is 5.75 Å². The van der Waals surface area contributed by atoms with Crippen molar-refractivity contribution in [1.82, 2.24) is 14.1 Å². The molecule has 0 fully saturated rings. The molecule has 0 amide bonds. The number of fused-ring (bicyclic) bond motifs is 1. The third-order valence-corrected chi connectivity index (χ3v) is 4.61. The van der Waals surface area contributed by atoms with E-state index >= 15 is 0 Å². The van der Waals surface area contributed by atoms with E-state index in [1.807, 2.05) is 6.92 Å². The first-order chi connectivity index (χ1) is 12.8. The van der Waals surface area contributed by atoms with Gasteiger partial charge in [0.1, 0.15) is 11.4 Å². The number of hydrogen-bond acceptors (Lipinski definition) is 5. The van der Waals surface area contributed by atoms with Gasteiger partial charge in [0.15, 0.2) is 5.78 Å². The van der Waals surface area contributed by atoms with E-state index < -0.39 is 17.0 Å². The van der Waals surface area contributed by atoms with Crippen LogP contribution in [0, 0.1) is 0 Å². The van der Waals surface area contributed by atoms with E-state index in [0.29, 0.717) is 11.6 Å². The maximum Gasteiger partial charge on any atom is 0.332 e. The molecule has 1 aromatic carbocycles. The van der Waals surface area contributed by atoms with E-state index in [9.17, 15) is 19.5 Å². The molecule has 0 atom stereocenters. The first-order valence-electron chi connectivity index (χ1n) is 8.48. The molecule has 3 rings (SSSR count). The molecule has 0 saturated heterocycles. The zero-order chi connectivity index (χ0) is 19.7. The largest absolute Gasteiger partial charge is 0.507 e. The van der Waals surface area contributed by atoms with Gasteiger partial charge in [0.2, 0.25) is 0 Å². The van der Waals surface area contributed by atoms with Crippen LogP contribution in [-0.2, 0) is 13.6 Å². The lowest BCUT2D eigenvalue weighted by Crippen LogP contribution is -2.38. The van der Waals surface area contributed by atoms with Gasteiger partial charge >= 0.3 is 5.69 Å². The van der Waals surface area contributed by atoms with Crippen molar-refractivity contribution in [2.45, 2.75) is 26.3 Å². The lowest BCUT2D eigenvalue weighted by atomic mass is 10.0. The second-order valence-corrected chi connectivity index (χ2v) is 6.67. The molecule has 1 N–H and O–H groups in total. The number of carbonyl (C=O) groups excluding carboxylic acids is 1. The van der Waals surface area contributed by atoms with Crippen molar-refractivity contribution < 1.29 is 9.90 Å². The molecule has 140 valence electrons. The van der Waals surface area contributed by atoms with Crippen LogP contribution < -0.4 is 11.2 Å². The number of aromatic hydroxyl groups is 1. The number of benzene rings is 1. The molecule has 0 bridgehead atoms. The zero-order valence-corrected chi connectivity index (χ0v) is 15.7. The summed E-state index contributed by atoms with van der Waals surface area (Å²) >= 11 is 5.91. The van der Waals surface area contributed by atoms with Gasteiger partial charge in [0.05, 0.1) is 10.9 Å². The van der Waals surface area contributed by atoms with Gasteiger partial charge in [-0.1, -0.05) is 24.9 Å². The molecular weight excluding hydrogens is 370 g/mol. The smallest absolute Gasteiger partial charge is 0.332 e. The highest BCUT2D eigenvalue weighted by Gasteiger charge is 2.18. The summed E-state index contributed by atoms with van der Waals surface area (Å²) in [4.78, 5) is 41.9. The molecular formula is C19H18ClN3O4. The average Bonchev–Trinajstić information content (AvgIpc) is 2.67. The summed E-state index contributed by atoms with van der Waals surface area (Å²) in [6, 6.07) is 5.54. The third-order valence-electron chi connectivity index (χ3n) is 4.38. The minimum atomic E-state index is -0.528. The van der Waals surface area contributed by atoms with Gasteiger partial charge in [0.25, 0.3) is 5.56 Å². The molecule has 0 spiro atoms. The monoisotopic (exact) mass is 387 g/mol. The molecule has 8 heteroatoms. The van der Waals surface area contributed by atoms with Crippen molar-refractivity contribution in [2.24, 2.45) is 7.05 Å². The molecule has 3 aromatic rings. The molecule has 2 aromatic heterocycles. The minimum absolute atomic E-state index is 0.0137. The predicted octanol–water partition coefficient (Wildman–Crippen LogP) is 2.49. The van der Waals surface area contributed by atoms with Crippen molar-refractivity contribution in [3.63, 3.8) is 0 Å². The molecule has 27 heavy (non-hydrogen) atoms. The molecule has 0 aliphatic rings. The van der Waals surface area contributed by atoms with Gasteiger partial charge in [-0.15, -0.1) is 0 Å². The van der Waals surface area contributed by atoms with Gasteiger partial charge in [-0.05, 0) is 30.7 Å². The number of nitrogens with zero attached hydrogens (tertiary/aromatic N) is 3. The number of phenolic OH excluding ortho intramolecular Hbond substituents is 1. The van der Waals surface area contributed by atoms with Crippen LogP contribution in [0.4, 0.5) is 0 Å². The normalized spacial score (nSPS) is 11.1. The lowest BCUT2D eigenvalue weighted by Gasteiger charge is -2.11. The molecule has 0 aliphatic carbocycles.